The second kappa shape index (κ2) is 2.73. The first-order valence-corrected chi connectivity index (χ1v) is 4.13. The number of aromatic hydroxyl groups is 1. The predicted octanol–water partition coefficient (Wildman–Crippen LogP) is 0.974. The van der Waals surface area contributed by atoms with E-state index in [0.717, 1.165) is 30.5 Å². The van der Waals surface area contributed by atoms with E-state index in [9.17, 15) is 9.90 Å². The Kier molecular flexibility index (Phi) is 1.69. The zero-order chi connectivity index (χ0) is 9.42. The summed E-state index contributed by atoms with van der Waals surface area (Å²) in [5.74, 6) is -1.49. The fourth-order valence-electron chi connectivity index (χ4n) is 1.62. The van der Waals surface area contributed by atoms with Crippen LogP contribution in [0.15, 0.2) is 6.07 Å². The summed E-state index contributed by atoms with van der Waals surface area (Å²) in [6, 6.07) is 1.52. The van der Waals surface area contributed by atoms with Crippen molar-refractivity contribution in [3.8, 4) is 5.88 Å². The highest BCUT2D eigenvalue weighted by atomic mass is 16.4. The number of aryl methyl sites for hydroxylation is 2. The minimum Gasteiger partial charge on any atom is -0.493 e. The molecule has 1 aromatic rings. The fraction of sp³-hybridized carbons (Fsp3) is 0.333. The molecule has 0 saturated heterocycles. The first-order valence-electron chi connectivity index (χ1n) is 4.13. The van der Waals surface area contributed by atoms with Gasteiger partial charge < -0.3 is 10.2 Å². The molecular formula is C9H9NO3. The van der Waals surface area contributed by atoms with Crippen LogP contribution in [0, 0.1) is 0 Å². The van der Waals surface area contributed by atoms with Crippen LogP contribution in [0.2, 0.25) is 0 Å². The maximum Gasteiger partial charge on any atom is 0.341 e. The van der Waals surface area contributed by atoms with Gasteiger partial charge in [-0.3, -0.25) is 0 Å². The van der Waals surface area contributed by atoms with Crippen molar-refractivity contribution in [2.45, 2.75) is 19.3 Å². The zero-order valence-electron chi connectivity index (χ0n) is 6.95. The molecule has 0 fully saturated rings. The van der Waals surface area contributed by atoms with Gasteiger partial charge in [-0.15, -0.1) is 0 Å². The van der Waals surface area contributed by atoms with Crippen molar-refractivity contribution in [3.05, 3.63) is 22.9 Å². The third-order valence-electron chi connectivity index (χ3n) is 2.26. The molecule has 68 valence electrons. The van der Waals surface area contributed by atoms with Crippen LogP contribution in [-0.4, -0.2) is 21.2 Å². The number of rotatable bonds is 1. The molecule has 0 saturated carbocycles. The summed E-state index contributed by atoms with van der Waals surface area (Å²) in [4.78, 5) is 14.5. The van der Waals surface area contributed by atoms with Gasteiger partial charge in [-0.05, 0) is 30.9 Å². The number of aromatic nitrogens is 1. The predicted molar refractivity (Wildman–Crippen MR) is 44.9 cm³/mol. The molecule has 1 aliphatic rings. The molecule has 4 heteroatoms. The third-order valence-corrected chi connectivity index (χ3v) is 2.26. The highest BCUT2D eigenvalue weighted by molar-refractivity contribution is 5.90. The Labute approximate surface area is 74.9 Å². The van der Waals surface area contributed by atoms with E-state index >= 15 is 0 Å². The van der Waals surface area contributed by atoms with Gasteiger partial charge in [0, 0.05) is 5.69 Å². The van der Waals surface area contributed by atoms with E-state index in [1.165, 1.54) is 6.07 Å². The van der Waals surface area contributed by atoms with Crippen LogP contribution in [0.1, 0.15) is 28.0 Å². The summed E-state index contributed by atoms with van der Waals surface area (Å²) in [6.07, 6.45) is 2.69. The first kappa shape index (κ1) is 8.04. The van der Waals surface area contributed by atoms with Crippen LogP contribution in [0.25, 0.3) is 0 Å². The standard InChI is InChI=1S/C9H9NO3/c11-8-6(9(12)13)4-5-2-1-3-7(5)10-8/h4H,1-3H2,(H,10,11)(H,12,13). The Hall–Kier alpha value is -1.58. The largest absolute Gasteiger partial charge is 0.493 e. The molecular weight excluding hydrogens is 170 g/mol. The lowest BCUT2D eigenvalue weighted by molar-refractivity contribution is 0.0692. The molecule has 2 N–H and O–H groups in total. The van der Waals surface area contributed by atoms with Gasteiger partial charge in [0.05, 0.1) is 0 Å². The van der Waals surface area contributed by atoms with E-state index in [0.29, 0.717) is 0 Å². The monoisotopic (exact) mass is 179 g/mol. The van der Waals surface area contributed by atoms with E-state index in [2.05, 4.69) is 4.98 Å². The molecule has 0 aliphatic heterocycles. The molecule has 0 aromatic carbocycles. The molecule has 4 nitrogen and oxygen atoms in total. The minimum atomic E-state index is -1.13. The van der Waals surface area contributed by atoms with Crippen LogP contribution in [0.5, 0.6) is 5.88 Å². The summed E-state index contributed by atoms with van der Waals surface area (Å²) < 4.78 is 0. The number of hydrogen-bond acceptors (Lipinski definition) is 3. The van der Waals surface area contributed by atoms with Crippen LogP contribution >= 0.6 is 0 Å². The number of aromatic carboxylic acids is 1. The highest BCUT2D eigenvalue weighted by Crippen LogP contribution is 2.25. The lowest BCUT2D eigenvalue weighted by atomic mass is 10.1. The van der Waals surface area contributed by atoms with Gasteiger partial charge in [0.2, 0.25) is 5.88 Å². The van der Waals surface area contributed by atoms with E-state index < -0.39 is 5.97 Å². The molecule has 0 bridgehead atoms. The second-order valence-electron chi connectivity index (χ2n) is 3.12. The SMILES string of the molecule is O=C(O)c1cc2c(nc1O)CCC2. The van der Waals surface area contributed by atoms with Crippen molar-refractivity contribution in [3.63, 3.8) is 0 Å². The van der Waals surface area contributed by atoms with Gasteiger partial charge in [-0.25, -0.2) is 9.78 Å². The van der Waals surface area contributed by atoms with Crippen molar-refractivity contribution < 1.29 is 15.0 Å². The molecule has 1 aromatic heterocycles. The number of carboxylic acids is 1. The maximum absolute atomic E-state index is 10.6. The van der Waals surface area contributed by atoms with Crippen molar-refractivity contribution in [1.82, 2.24) is 4.98 Å². The van der Waals surface area contributed by atoms with Crippen LogP contribution in [0.3, 0.4) is 0 Å². The van der Waals surface area contributed by atoms with E-state index in [1.54, 1.807) is 0 Å². The Morgan fingerprint density at radius 2 is 2.23 bits per heavy atom. The molecule has 0 radical (unpaired) electrons. The molecule has 0 atom stereocenters. The van der Waals surface area contributed by atoms with E-state index in [-0.39, 0.29) is 11.4 Å². The Bertz CT molecular complexity index is 373. The quantitative estimate of drug-likeness (QED) is 0.674. The average molecular weight is 179 g/mol. The number of carbonyl (C=O) groups is 1. The van der Waals surface area contributed by atoms with Crippen molar-refractivity contribution in [2.24, 2.45) is 0 Å². The number of hydrogen-bond donors (Lipinski definition) is 2. The molecule has 2 rings (SSSR count). The second-order valence-corrected chi connectivity index (χ2v) is 3.12. The Morgan fingerprint density at radius 3 is 2.92 bits per heavy atom. The molecule has 0 unspecified atom stereocenters. The van der Waals surface area contributed by atoms with Gasteiger partial charge in [-0.2, -0.15) is 0 Å². The smallest absolute Gasteiger partial charge is 0.341 e. The number of pyridine rings is 1. The van der Waals surface area contributed by atoms with Gasteiger partial charge in [0.15, 0.2) is 0 Å². The third kappa shape index (κ3) is 1.24. The molecule has 1 aliphatic carbocycles. The van der Waals surface area contributed by atoms with E-state index in [1.807, 2.05) is 0 Å². The van der Waals surface area contributed by atoms with Crippen molar-refractivity contribution in [2.75, 3.05) is 0 Å². The van der Waals surface area contributed by atoms with Gasteiger partial charge in [-0.1, -0.05) is 0 Å². The summed E-state index contributed by atoms with van der Waals surface area (Å²) in [6.45, 7) is 0. The van der Waals surface area contributed by atoms with Crippen molar-refractivity contribution in [1.29, 1.82) is 0 Å². The van der Waals surface area contributed by atoms with Gasteiger partial charge >= 0.3 is 5.97 Å². The Balaban J connectivity index is 2.55. The minimum absolute atomic E-state index is 0.0966. The average Bonchev–Trinajstić information content (AvgIpc) is 2.48. The van der Waals surface area contributed by atoms with Gasteiger partial charge in [0.25, 0.3) is 0 Å². The summed E-state index contributed by atoms with van der Waals surface area (Å²) in [7, 11) is 0. The molecule has 13 heavy (non-hydrogen) atoms. The Morgan fingerprint density at radius 1 is 1.46 bits per heavy atom. The van der Waals surface area contributed by atoms with Crippen LogP contribution in [-0.2, 0) is 12.8 Å². The number of nitrogens with zero attached hydrogens (tertiary/aromatic N) is 1. The topological polar surface area (TPSA) is 70.4 Å². The highest BCUT2D eigenvalue weighted by Gasteiger charge is 2.18. The first-order chi connectivity index (χ1) is 6.18. The van der Waals surface area contributed by atoms with Crippen LogP contribution in [0.4, 0.5) is 0 Å². The molecule has 0 spiro atoms. The molecule has 1 heterocycles. The molecule has 0 amide bonds. The van der Waals surface area contributed by atoms with Crippen LogP contribution < -0.4 is 0 Å². The number of carboxylic acid groups (broad SMARTS) is 1. The lowest BCUT2D eigenvalue weighted by Crippen LogP contribution is -2.01. The summed E-state index contributed by atoms with van der Waals surface area (Å²) in [5.41, 5.74) is 1.69. The van der Waals surface area contributed by atoms with Gasteiger partial charge in [0.1, 0.15) is 5.56 Å². The number of fused-ring (bicyclic) bond motifs is 1. The summed E-state index contributed by atoms with van der Waals surface area (Å²) >= 11 is 0. The lowest BCUT2D eigenvalue weighted by Gasteiger charge is -2.02. The zero-order valence-corrected chi connectivity index (χ0v) is 6.95. The van der Waals surface area contributed by atoms with E-state index in [4.69, 9.17) is 5.11 Å². The van der Waals surface area contributed by atoms with Crippen molar-refractivity contribution >= 4 is 5.97 Å². The summed E-state index contributed by atoms with van der Waals surface area (Å²) in [5, 5.41) is 18.0. The normalized spacial score (nSPS) is 14.2. The fourth-order valence-corrected chi connectivity index (χ4v) is 1.62. The maximum atomic E-state index is 10.6.